The van der Waals surface area contributed by atoms with Gasteiger partial charge in [0.15, 0.2) is 6.10 Å². The molecule has 0 spiro atoms. The molecule has 0 aromatic heterocycles. The van der Waals surface area contributed by atoms with Gasteiger partial charge in [-0.2, -0.15) is 0 Å². The summed E-state index contributed by atoms with van der Waals surface area (Å²) in [6, 6.07) is 0. The molecule has 0 aliphatic rings. The number of hydrogen-bond acceptors (Lipinski definition) is 3. The third-order valence-corrected chi connectivity index (χ3v) is 0.818. The Morgan fingerprint density at radius 2 is 2.00 bits per heavy atom. The molecule has 9 heavy (non-hydrogen) atoms. The highest BCUT2D eigenvalue weighted by Gasteiger charge is 2.19. The SMILES string of the molecule is C=C[C@@H](O)[C@H](O)C(=O)O. The summed E-state index contributed by atoms with van der Waals surface area (Å²) in [5, 5.41) is 25.0. The van der Waals surface area contributed by atoms with E-state index in [0.29, 0.717) is 0 Å². The van der Waals surface area contributed by atoms with Crippen LogP contribution in [0.3, 0.4) is 0 Å². The molecule has 0 radical (unpaired) electrons. The molecule has 0 saturated carbocycles. The Bertz CT molecular complexity index is 120. The fraction of sp³-hybridized carbons (Fsp3) is 0.400. The van der Waals surface area contributed by atoms with Gasteiger partial charge in [-0.3, -0.25) is 0 Å². The zero-order valence-corrected chi connectivity index (χ0v) is 4.69. The van der Waals surface area contributed by atoms with Gasteiger partial charge in [0, 0.05) is 0 Å². The van der Waals surface area contributed by atoms with Gasteiger partial charge in [-0.25, -0.2) is 4.79 Å². The number of aliphatic hydroxyl groups is 2. The van der Waals surface area contributed by atoms with Crippen LogP contribution < -0.4 is 0 Å². The molecular weight excluding hydrogens is 124 g/mol. The van der Waals surface area contributed by atoms with Crippen molar-refractivity contribution < 1.29 is 20.1 Å². The molecule has 0 aliphatic heterocycles. The molecule has 0 bridgehead atoms. The lowest BCUT2D eigenvalue weighted by Gasteiger charge is -2.07. The minimum absolute atomic E-state index is 0.957. The molecule has 0 saturated heterocycles. The van der Waals surface area contributed by atoms with E-state index in [-0.39, 0.29) is 0 Å². The first-order chi connectivity index (χ1) is 4.09. The first-order valence-electron chi connectivity index (χ1n) is 2.31. The topological polar surface area (TPSA) is 77.8 Å². The van der Waals surface area contributed by atoms with Crippen molar-refractivity contribution in [3.05, 3.63) is 12.7 Å². The van der Waals surface area contributed by atoms with E-state index in [0.717, 1.165) is 6.08 Å². The van der Waals surface area contributed by atoms with Gasteiger partial charge in [0.1, 0.15) is 6.10 Å². The lowest BCUT2D eigenvalue weighted by Crippen LogP contribution is -2.31. The fourth-order valence-corrected chi connectivity index (χ4v) is 0.275. The maximum absolute atomic E-state index is 9.84. The van der Waals surface area contributed by atoms with E-state index in [9.17, 15) is 4.79 Å². The fourth-order valence-electron chi connectivity index (χ4n) is 0.275. The second-order valence-electron chi connectivity index (χ2n) is 1.51. The number of hydrogen-bond donors (Lipinski definition) is 3. The summed E-state index contributed by atoms with van der Waals surface area (Å²) in [5.74, 6) is -1.46. The van der Waals surface area contributed by atoms with Crippen LogP contribution in [-0.4, -0.2) is 33.5 Å². The number of carbonyl (C=O) groups is 1. The van der Waals surface area contributed by atoms with Gasteiger partial charge in [0.2, 0.25) is 0 Å². The second-order valence-corrected chi connectivity index (χ2v) is 1.51. The maximum atomic E-state index is 9.84. The Hall–Kier alpha value is -0.870. The average molecular weight is 132 g/mol. The largest absolute Gasteiger partial charge is 0.479 e. The monoisotopic (exact) mass is 132 g/mol. The summed E-state index contributed by atoms with van der Waals surface area (Å²) in [5.41, 5.74) is 0. The molecule has 0 amide bonds. The van der Waals surface area contributed by atoms with Crippen LogP contribution in [0.25, 0.3) is 0 Å². The molecule has 0 heterocycles. The van der Waals surface area contributed by atoms with Gasteiger partial charge in [-0.1, -0.05) is 6.08 Å². The lowest BCUT2D eigenvalue weighted by molar-refractivity contribution is -0.150. The van der Waals surface area contributed by atoms with E-state index >= 15 is 0 Å². The van der Waals surface area contributed by atoms with E-state index in [4.69, 9.17) is 15.3 Å². The van der Waals surface area contributed by atoms with Gasteiger partial charge in [0.25, 0.3) is 0 Å². The van der Waals surface area contributed by atoms with Crippen molar-refractivity contribution in [2.24, 2.45) is 0 Å². The van der Waals surface area contributed by atoms with Crippen molar-refractivity contribution in [1.82, 2.24) is 0 Å². The van der Waals surface area contributed by atoms with Crippen molar-refractivity contribution in [1.29, 1.82) is 0 Å². The summed E-state index contributed by atoms with van der Waals surface area (Å²) in [6.07, 6.45) is -2.19. The quantitative estimate of drug-likeness (QED) is 0.429. The minimum atomic E-state index is -1.76. The summed E-state index contributed by atoms with van der Waals surface area (Å²) < 4.78 is 0. The van der Waals surface area contributed by atoms with Crippen molar-refractivity contribution in [2.45, 2.75) is 12.2 Å². The predicted octanol–water partition coefficient (Wildman–Crippen LogP) is -1.02. The van der Waals surface area contributed by atoms with Gasteiger partial charge < -0.3 is 15.3 Å². The summed E-state index contributed by atoms with van der Waals surface area (Å²) in [6.45, 7) is 3.09. The van der Waals surface area contributed by atoms with Crippen LogP contribution >= 0.6 is 0 Å². The normalized spacial score (nSPS) is 16.2. The van der Waals surface area contributed by atoms with E-state index in [1.54, 1.807) is 0 Å². The van der Waals surface area contributed by atoms with Crippen molar-refractivity contribution in [3.8, 4) is 0 Å². The van der Waals surface area contributed by atoms with Crippen molar-refractivity contribution in [3.63, 3.8) is 0 Å². The molecule has 2 atom stereocenters. The minimum Gasteiger partial charge on any atom is -0.479 e. The number of aliphatic hydroxyl groups excluding tert-OH is 2. The Kier molecular flexibility index (Phi) is 2.90. The Balaban J connectivity index is 3.86. The second kappa shape index (κ2) is 3.21. The zero-order valence-electron chi connectivity index (χ0n) is 4.69. The standard InChI is InChI=1S/C5H8O4/c1-2-3(6)4(7)5(8)9/h2-4,6-7H,1H2,(H,8,9)/t3-,4+/m1/s1. The van der Waals surface area contributed by atoms with E-state index in [1.165, 1.54) is 0 Å². The highest BCUT2D eigenvalue weighted by Crippen LogP contribution is 1.92. The molecule has 4 nitrogen and oxygen atoms in total. The summed E-state index contributed by atoms with van der Waals surface area (Å²) in [7, 11) is 0. The van der Waals surface area contributed by atoms with Crippen LogP contribution in [0.15, 0.2) is 12.7 Å². The highest BCUT2D eigenvalue weighted by atomic mass is 16.4. The van der Waals surface area contributed by atoms with Crippen molar-refractivity contribution >= 4 is 5.97 Å². The third-order valence-electron chi connectivity index (χ3n) is 0.818. The van der Waals surface area contributed by atoms with E-state index in [2.05, 4.69) is 6.58 Å². The molecule has 52 valence electrons. The molecule has 4 heteroatoms. The smallest absolute Gasteiger partial charge is 0.335 e. The first-order valence-corrected chi connectivity index (χ1v) is 2.31. The van der Waals surface area contributed by atoms with Gasteiger partial charge in [-0.05, 0) is 0 Å². The Morgan fingerprint density at radius 3 is 2.11 bits per heavy atom. The van der Waals surface area contributed by atoms with E-state index in [1.807, 2.05) is 0 Å². The zero-order chi connectivity index (χ0) is 7.44. The highest BCUT2D eigenvalue weighted by molar-refractivity contribution is 5.73. The molecule has 0 aromatic carbocycles. The van der Waals surface area contributed by atoms with Crippen LogP contribution in [0.1, 0.15) is 0 Å². The Labute approximate surface area is 52.1 Å². The van der Waals surface area contributed by atoms with Crippen LogP contribution in [0.2, 0.25) is 0 Å². The summed E-state index contributed by atoms with van der Waals surface area (Å²) in [4.78, 5) is 9.84. The van der Waals surface area contributed by atoms with E-state index < -0.39 is 18.2 Å². The number of aliphatic carboxylic acids is 1. The van der Waals surface area contributed by atoms with Crippen LogP contribution in [0.4, 0.5) is 0 Å². The number of carboxylic acids is 1. The average Bonchev–Trinajstić information content (AvgIpc) is 1.84. The maximum Gasteiger partial charge on any atom is 0.335 e. The first kappa shape index (κ1) is 8.13. The van der Waals surface area contributed by atoms with Crippen LogP contribution in [0, 0.1) is 0 Å². The molecule has 3 N–H and O–H groups in total. The number of rotatable bonds is 3. The molecule has 0 rings (SSSR count). The van der Waals surface area contributed by atoms with Crippen LogP contribution in [-0.2, 0) is 4.79 Å². The number of carboxylic acid groups (broad SMARTS) is 1. The van der Waals surface area contributed by atoms with Gasteiger partial charge in [-0.15, -0.1) is 6.58 Å². The van der Waals surface area contributed by atoms with Gasteiger partial charge >= 0.3 is 5.97 Å². The predicted molar refractivity (Wildman–Crippen MR) is 29.8 cm³/mol. The van der Waals surface area contributed by atoms with Gasteiger partial charge in [0.05, 0.1) is 0 Å². The molecule has 0 aliphatic carbocycles. The Morgan fingerprint density at radius 1 is 1.56 bits per heavy atom. The van der Waals surface area contributed by atoms with Crippen LogP contribution in [0.5, 0.6) is 0 Å². The van der Waals surface area contributed by atoms with Crippen molar-refractivity contribution in [2.75, 3.05) is 0 Å². The molecule has 0 fully saturated rings. The molecular formula is C5H8O4. The summed E-state index contributed by atoms with van der Waals surface area (Å²) >= 11 is 0. The third kappa shape index (κ3) is 2.25. The molecule has 0 unspecified atom stereocenters. The molecule has 0 aromatic rings. The lowest BCUT2D eigenvalue weighted by atomic mass is 10.2.